The number of carbonyl (C=O) groups is 2. The molecule has 1 aliphatic rings. The van der Waals surface area contributed by atoms with Crippen LogP contribution < -0.4 is 10.1 Å². The Hall–Kier alpha value is -1.75. The molecule has 1 amide bonds. The molecule has 2 rings (SSSR count). The van der Waals surface area contributed by atoms with Gasteiger partial charge in [-0.1, -0.05) is 18.5 Å². The van der Waals surface area contributed by atoms with Gasteiger partial charge in [0.15, 0.2) is 6.61 Å². The second-order valence-electron chi connectivity index (χ2n) is 6.50. The summed E-state index contributed by atoms with van der Waals surface area (Å²) in [5.74, 6) is 0.432. The molecule has 5 nitrogen and oxygen atoms in total. The summed E-state index contributed by atoms with van der Waals surface area (Å²) in [4.78, 5) is 24.5. The van der Waals surface area contributed by atoms with Crippen molar-refractivity contribution in [2.24, 2.45) is 5.92 Å². The summed E-state index contributed by atoms with van der Waals surface area (Å²) >= 11 is 5.90. The van der Waals surface area contributed by atoms with Crippen molar-refractivity contribution in [2.45, 2.75) is 45.1 Å². The van der Waals surface area contributed by atoms with Crippen LogP contribution in [0.4, 0.5) is 0 Å². The maximum absolute atomic E-state index is 12.3. The van der Waals surface area contributed by atoms with Crippen LogP contribution in [-0.2, 0) is 14.3 Å². The van der Waals surface area contributed by atoms with Crippen molar-refractivity contribution in [3.63, 3.8) is 0 Å². The number of amides is 1. The number of methoxy groups -OCH3 is 1. The number of hydrogen-bond donors (Lipinski definition) is 1. The molecule has 0 aromatic heterocycles. The number of benzene rings is 1. The molecule has 0 atom stereocenters. The van der Waals surface area contributed by atoms with Gasteiger partial charge in [0.2, 0.25) is 0 Å². The van der Waals surface area contributed by atoms with E-state index in [-0.39, 0.29) is 18.5 Å². The third-order valence-corrected chi connectivity index (χ3v) is 4.81. The standard InChI is InChI=1S/C18H24ClNO4/c1-12-6-8-18(9-7-12,17(22)23-3)20-16(21)11-24-15-5-4-14(19)10-13(15)2/h4-5,10,12H,6-9,11H2,1-3H3,(H,20,21). The number of ether oxygens (including phenoxy) is 2. The molecule has 0 radical (unpaired) electrons. The molecule has 0 unspecified atom stereocenters. The second kappa shape index (κ2) is 7.88. The molecular weight excluding hydrogens is 330 g/mol. The molecule has 132 valence electrons. The quantitative estimate of drug-likeness (QED) is 0.825. The van der Waals surface area contributed by atoms with Crippen LogP contribution in [-0.4, -0.2) is 31.1 Å². The SMILES string of the molecule is COC(=O)C1(NC(=O)COc2ccc(Cl)cc2C)CCC(C)CC1. The van der Waals surface area contributed by atoms with Gasteiger partial charge in [0.25, 0.3) is 5.91 Å². The number of aryl methyl sites for hydroxylation is 1. The normalized spacial score (nSPS) is 23.4. The minimum Gasteiger partial charge on any atom is -0.484 e. The first-order valence-corrected chi connectivity index (χ1v) is 8.52. The Morgan fingerprint density at radius 1 is 1.33 bits per heavy atom. The van der Waals surface area contributed by atoms with Crippen LogP contribution in [0.1, 0.15) is 38.2 Å². The van der Waals surface area contributed by atoms with Crippen molar-refractivity contribution in [2.75, 3.05) is 13.7 Å². The van der Waals surface area contributed by atoms with E-state index >= 15 is 0 Å². The Balaban J connectivity index is 1.99. The van der Waals surface area contributed by atoms with E-state index < -0.39 is 5.54 Å². The zero-order valence-electron chi connectivity index (χ0n) is 14.4. The van der Waals surface area contributed by atoms with Crippen molar-refractivity contribution in [3.8, 4) is 5.75 Å². The van der Waals surface area contributed by atoms with Crippen molar-refractivity contribution in [1.82, 2.24) is 5.32 Å². The fourth-order valence-corrected chi connectivity index (χ4v) is 3.28. The molecule has 0 bridgehead atoms. The second-order valence-corrected chi connectivity index (χ2v) is 6.94. The highest BCUT2D eigenvalue weighted by molar-refractivity contribution is 6.30. The molecule has 1 aromatic rings. The average molecular weight is 354 g/mol. The summed E-state index contributed by atoms with van der Waals surface area (Å²) in [5, 5.41) is 3.46. The number of nitrogens with one attached hydrogen (secondary N) is 1. The number of esters is 1. The van der Waals surface area contributed by atoms with Crippen molar-refractivity contribution < 1.29 is 19.1 Å². The molecule has 1 aliphatic carbocycles. The predicted octanol–water partition coefficient (Wildman–Crippen LogP) is 3.27. The highest BCUT2D eigenvalue weighted by Crippen LogP contribution is 2.33. The van der Waals surface area contributed by atoms with Crippen LogP contribution in [0, 0.1) is 12.8 Å². The summed E-state index contributed by atoms with van der Waals surface area (Å²) in [6.07, 6.45) is 2.94. The van der Waals surface area contributed by atoms with Crippen LogP contribution >= 0.6 is 11.6 Å². The maximum Gasteiger partial charge on any atom is 0.331 e. The van der Waals surface area contributed by atoms with Gasteiger partial charge in [0.05, 0.1) is 7.11 Å². The molecule has 0 aliphatic heterocycles. The Kier molecular flexibility index (Phi) is 6.10. The zero-order chi connectivity index (χ0) is 17.7. The highest BCUT2D eigenvalue weighted by atomic mass is 35.5. The summed E-state index contributed by atoms with van der Waals surface area (Å²) in [6, 6.07) is 5.21. The third kappa shape index (κ3) is 4.41. The Morgan fingerprint density at radius 3 is 2.58 bits per heavy atom. The molecule has 1 aromatic carbocycles. The van der Waals surface area contributed by atoms with Crippen molar-refractivity contribution >= 4 is 23.5 Å². The highest BCUT2D eigenvalue weighted by Gasteiger charge is 2.43. The van der Waals surface area contributed by atoms with Crippen LogP contribution in [0.5, 0.6) is 5.75 Å². The fourth-order valence-electron chi connectivity index (χ4n) is 3.05. The minimum absolute atomic E-state index is 0.156. The molecule has 24 heavy (non-hydrogen) atoms. The average Bonchev–Trinajstić information content (AvgIpc) is 2.55. The van der Waals surface area contributed by atoms with E-state index in [2.05, 4.69) is 12.2 Å². The van der Waals surface area contributed by atoms with Gasteiger partial charge in [-0.05, 0) is 62.3 Å². The summed E-state index contributed by atoms with van der Waals surface area (Å²) in [5.41, 5.74) is -0.0824. The van der Waals surface area contributed by atoms with Gasteiger partial charge in [-0.15, -0.1) is 0 Å². The first-order valence-electron chi connectivity index (χ1n) is 8.14. The van der Waals surface area contributed by atoms with Gasteiger partial charge in [0, 0.05) is 5.02 Å². The summed E-state index contributed by atoms with van der Waals surface area (Å²) < 4.78 is 10.5. The van der Waals surface area contributed by atoms with Crippen LogP contribution in [0.2, 0.25) is 5.02 Å². The van der Waals surface area contributed by atoms with Crippen LogP contribution in [0.25, 0.3) is 0 Å². The van der Waals surface area contributed by atoms with Gasteiger partial charge in [-0.25, -0.2) is 4.79 Å². The Labute approximate surface area is 147 Å². The maximum atomic E-state index is 12.3. The number of carbonyl (C=O) groups excluding carboxylic acids is 2. The number of hydrogen-bond acceptors (Lipinski definition) is 4. The van der Waals surface area contributed by atoms with E-state index in [0.717, 1.165) is 18.4 Å². The monoisotopic (exact) mass is 353 g/mol. The summed E-state index contributed by atoms with van der Waals surface area (Å²) in [7, 11) is 1.35. The van der Waals surface area contributed by atoms with E-state index in [4.69, 9.17) is 21.1 Å². The molecule has 0 heterocycles. The van der Waals surface area contributed by atoms with E-state index in [0.29, 0.717) is 29.5 Å². The van der Waals surface area contributed by atoms with E-state index in [9.17, 15) is 9.59 Å². The Bertz CT molecular complexity index is 609. The number of rotatable bonds is 5. The van der Waals surface area contributed by atoms with E-state index in [1.54, 1.807) is 18.2 Å². The Morgan fingerprint density at radius 2 is 2.00 bits per heavy atom. The molecule has 1 fully saturated rings. The van der Waals surface area contributed by atoms with Crippen molar-refractivity contribution in [1.29, 1.82) is 0 Å². The molecule has 0 spiro atoms. The smallest absolute Gasteiger partial charge is 0.331 e. The van der Waals surface area contributed by atoms with Gasteiger partial charge < -0.3 is 14.8 Å². The molecule has 0 saturated heterocycles. The number of halogens is 1. The molecule has 1 N–H and O–H groups in total. The lowest BCUT2D eigenvalue weighted by Crippen LogP contribution is -2.57. The predicted molar refractivity (Wildman–Crippen MR) is 92.2 cm³/mol. The van der Waals surface area contributed by atoms with Crippen molar-refractivity contribution in [3.05, 3.63) is 28.8 Å². The van der Waals surface area contributed by atoms with Gasteiger partial charge in [-0.3, -0.25) is 4.79 Å². The fraction of sp³-hybridized carbons (Fsp3) is 0.556. The first kappa shape index (κ1) is 18.6. The lowest BCUT2D eigenvalue weighted by atomic mass is 9.77. The van der Waals surface area contributed by atoms with Crippen LogP contribution in [0.3, 0.4) is 0 Å². The topological polar surface area (TPSA) is 64.6 Å². The lowest BCUT2D eigenvalue weighted by Gasteiger charge is -2.37. The third-order valence-electron chi connectivity index (χ3n) is 4.58. The molecule has 1 saturated carbocycles. The van der Waals surface area contributed by atoms with Gasteiger partial charge in [0.1, 0.15) is 11.3 Å². The first-order chi connectivity index (χ1) is 11.4. The lowest BCUT2D eigenvalue weighted by molar-refractivity contribution is -0.153. The molecule has 6 heteroatoms. The zero-order valence-corrected chi connectivity index (χ0v) is 15.1. The van der Waals surface area contributed by atoms with Gasteiger partial charge in [-0.2, -0.15) is 0 Å². The van der Waals surface area contributed by atoms with Gasteiger partial charge >= 0.3 is 5.97 Å². The minimum atomic E-state index is -0.934. The summed E-state index contributed by atoms with van der Waals surface area (Å²) in [6.45, 7) is 3.85. The van der Waals surface area contributed by atoms with E-state index in [1.807, 2.05) is 6.92 Å². The van der Waals surface area contributed by atoms with Crippen LogP contribution in [0.15, 0.2) is 18.2 Å². The largest absolute Gasteiger partial charge is 0.484 e. The van der Waals surface area contributed by atoms with E-state index in [1.165, 1.54) is 7.11 Å². The molecular formula is C18H24ClNO4.